The molecule has 0 radical (unpaired) electrons. The summed E-state index contributed by atoms with van der Waals surface area (Å²) in [5.74, 6) is 0.410. The molecule has 0 saturated heterocycles. The normalized spacial score (nSPS) is 14.8. The first-order valence-electron chi connectivity index (χ1n) is 4.31. The summed E-state index contributed by atoms with van der Waals surface area (Å²) in [4.78, 5) is 0. The van der Waals surface area contributed by atoms with E-state index < -0.39 is 9.05 Å². The Morgan fingerprint density at radius 3 is 2.15 bits per heavy atom. The van der Waals surface area contributed by atoms with Crippen molar-refractivity contribution in [1.82, 2.24) is 0 Å². The van der Waals surface area contributed by atoms with E-state index in [2.05, 4.69) is 0 Å². The SMILES string of the molecule is CC(C)COCC(C)CS(=O)(=O)Cl. The van der Waals surface area contributed by atoms with Crippen LogP contribution >= 0.6 is 10.7 Å². The highest BCUT2D eigenvalue weighted by atomic mass is 35.7. The van der Waals surface area contributed by atoms with Crippen LogP contribution in [0.3, 0.4) is 0 Å². The minimum atomic E-state index is -3.38. The van der Waals surface area contributed by atoms with Crippen molar-refractivity contribution in [2.75, 3.05) is 19.0 Å². The Morgan fingerprint density at radius 1 is 1.23 bits per heavy atom. The van der Waals surface area contributed by atoms with E-state index in [0.29, 0.717) is 19.1 Å². The van der Waals surface area contributed by atoms with Crippen LogP contribution in [0.1, 0.15) is 20.8 Å². The van der Waals surface area contributed by atoms with Crippen LogP contribution in [0.25, 0.3) is 0 Å². The summed E-state index contributed by atoms with van der Waals surface area (Å²) in [6.07, 6.45) is 0. The number of rotatable bonds is 6. The summed E-state index contributed by atoms with van der Waals surface area (Å²) in [5, 5.41) is 0. The summed E-state index contributed by atoms with van der Waals surface area (Å²) in [7, 11) is 1.70. The average Bonchev–Trinajstić information content (AvgIpc) is 1.81. The third-order valence-electron chi connectivity index (χ3n) is 1.34. The summed E-state index contributed by atoms with van der Waals surface area (Å²) < 4.78 is 26.6. The van der Waals surface area contributed by atoms with Gasteiger partial charge in [-0.2, -0.15) is 0 Å². The molecule has 0 heterocycles. The molecule has 0 aromatic carbocycles. The van der Waals surface area contributed by atoms with Gasteiger partial charge in [0.15, 0.2) is 0 Å². The molecule has 0 aliphatic carbocycles. The Balaban J connectivity index is 3.58. The standard InChI is InChI=1S/C8H17ClO3S/c1-7(2)4-12-5-8(3)6-13(9,10)11/h7-8H,4-6H2,1-3H3. The number of hydrogen-bond acceptors (Lipinski definition) is 3. The third-order valence-corrected chi connectivity index (χ3v) is 2.68. The lowest BCUT2D eigenvalue weighted by Gasteiger charge is -2.11. The Hall–Kier alpha value is 0.200. The van der Waals surface area contributed by atoms with E-state index in [1.807, 2.05) is 13.8 Å². The molecule has 0 spiro atoms. The highest BCUT2D eigenvalue weighted by molar-refractivity contribution is 8.13. The maximum Gasteiger partial charge on any atom is 0.232 e. The second-order valence-electron chi connectivity index (χ2n) is 3.74. The quantitative estimate of drug-likeness (QED) is 0.652. The predicted molar refractivity (Wildman–Crippen MR) is 54.5 cm³/mol. The van der Waals surface area contributed by atoms with Gasteiger partial charge in [-0.1, -0.05) is 20.8 Å². The second-order valence-corrected chi connectivity index (χ2v) is 6.56. The van der Waals surface area contributed by atoms with Gasteiger partial charge in [0.2, 0.25) is 9.05 Å². The van der Waals surface area contributed by atoms with Crippen molar-refractivity contribution >= 4 is 19.7 Å². The van der Waals surface area contributed by atoms with Gasteiger partial charge in [-0.25, -0.2) is 8.42 Å². The van der Waals surface area contributed by atoms with E-state index >= 15 is 0 Å². The zero-order valence-corrected chi connectivity index (χ0v) is 9.86. The first-order chi connectivity index (χ1) is 5.81. The molecule has 3 nitrogen and oxygen atoms in total. The van der Waals surface area contributed by atoms with Crippen LogP contribution < -0.4 is 0 Å². The Kier molecular flexibility index (Phi) is 5.92. The van der Waals surface area contributed by atoms with E-state index in [9.17, 15) is 8.42 Å². The van der Waals surface area contributed by atoms with Crippen LogP contribution in [0, 0.1) is 11.8 Å². The Morgan fingerprint density at radius 2 is 1.77 bits per heavy atom. The summed E-state index contributed by atoms with van der Waals surface area (Å²) in [6, 6.07) is 0. The van der Waals surface area contributed by atoms with Crippen molar-refractivity contribution in [1.29, 1.82) is 0 Å². The molecule has 0 aromatic rings. The molecule has 0 N–H and O–H groups in total. The highest BCUT2D eigenvalue weighted by Crippen LogP contribution is 2.06. The zero-order chi connectivity index (χ0) is 10.5. The minimum absolute atomic E-state index is 0.0212. The van der Waals surface area contributed by atoms with Gasteiger partial charge in [-0.3, -0.25) is 0 Å². The summed E-state index contributed by atoms with van der Waals surface area (Å²) >= 11 is 0. The molecule has 1 unspecified atom stereocenters. The molecule has 80 valence electrons. The van der Waals surface area contributed by atoms with Crippen molar-refractivity contribution in [3.05, 3.63) is 0 Å². The molecule has 5 heteroatoms. The molecule has 13 heavy (non-hydrogen) atoms. The second kappa shape index (κ2) is 5.83. The van der Waals surface area contributed by atoms with Crippen molar-refractivity contribution in [3.8, 4) is 0 Å². The molecule has 0 saturated carbocycles. The van der Waals surface area contributed by atoms with Crippen molar-refractivity contribution in [2.45, 2.75) is 20.8 Å². The largest absolute Gasteiger partial charge is 0.381 e. The van der Waals surface area contributed by atoms with Crippen LogP contribution in [0.2, 0.25) is 0 Å². The van der Waals surface area contributed by atoms with Crippen LogP contribution in [-0.2, 0) is 13.8 Å². The van der Waals surface area contributed by atoms with E-state index in [1.165, 1.54) is 0 Å². The lowest BCUT2D eigenvalue weighted by atomic mass is 10.2. The van der Waals surface area contributed by atoms with Crippen molar-refractivity contribution in [2.24, 2.45) is 11.8 Å². The molecule has 0 aromatic heterocycles. The van der Waals surface area contributed by atoms with Gasteiger partial charge in [0.05, 0.1) is 12.4 Å². The molecule has 0 bridgehead atoms. The lowest BCUT2D eigenvalue weighted by Crippen LogP contribution is -2.16. The highest BCUT2D eigenvalue weighted by Gasteiger charge is 2.12. The lowest BCUT2D eigenvalue weighted by molar-refractivity contribution is 0.0893. The molecule has 0 aliphatic rings. The zero-order valence-electron chi connectivity index (χ0n) is 8.29. The fraction of sp³-hybridized carbons (Fsp3) is 1.00. The first-order valence-corrected chi connectivity index (χ1v) is 6.79. The fourth-order valence-corrected chi connectivity index (χ4v) is 2.31. The minimum Gasteiger partial charge on any atom is -0.381 e. The first kappa shape index (κ1) is 13.2. The number of halogens is 1. The topological polar surface area (TPSA) is 43.4 Å². The molecular weight excluding hydrogens is 212 g/mol. The molecule has 1 atom stereocenters. The van der Waals surface area contributed by atoms with E-state index in [1.54, 1.807) is 6.92 Å². The molecule has 0 aliphatic heterocycles. The van der Waals surface area contributed by atoms with Crippen LogP contribution in [0.4, 0.5) is 0 Å². The maximum absolute atomic E-state index is 10.6. The molecule has 0 amide bonds. The van der Waals surface area contributed by atoms with Crippen LogP contribution in [-0.4, -0.2) is 27.4 Å². The van der Waals surface area contributed by atoms with Gasteiger partial charge >= 0.3 is 0 Å². The number of ether oxygens (including phenoxy) is 1. The molecular formula is C8H17ClO3S. The van der Waals surface area contributed by atoms with Gasteiger partial charge in [-0.15, -0.1) is 0 Å². The Bertz CT molecular complexity index is 224. The van der Waals surface area contributed by atoms with Gasteiger partial charge in [0, 0.05) is 17.3 Å². The molecule has 0 fully saturated rings. The van der Waals surface area contributed by atoms with E-state index in [4.69, 9.17) is 15.4 Å². The third kappa shape index (κ3) is 10.1. The Labute approximate surface area is 84.8 Å². The van der Waals surface area contributed by atoms with Crippen LogP contribution in [0.15, 0.2) is 0 Å². The van der Waals surface area contributed by atoms with Crippen molar-refractivity contribution < 1.29 is 13.2 Å². The smallest absolute Gasteiger partial charge is 0.232 e. The van der Waals surface area contributed by atoms with Gasteiger partial charge in [-0.05, 0) is 11.8 Å². The summed E-state index contributed by atoms with van der Waals surface area (Å²) in [5.41, 5.74) is 0. The average molecular weight is 229 g/mol. The van der Waals surface area contributed by atoms with Crippen LogP contribution in [0.5, 0.6) is 0 Å². The molecule has 0 rings (SSSR count). The van der Waals surface area contributed by atoms with Gasteiger partial charge < -0.3 is 4.74 Å². The van der Waals surface area contributed by atoms with Gasteiger partial charge in [0.25, 0.3) is 0 Å². The fourth-order valence-electron chi connectivity index (χ4n) is 0.893. The number of hydrogen-bond donors (Lipinski definition) is 0. The van der Waals surface area contributed by atoms with E-state index in [0.717, 1.165) is 0 Å². The summed E-state index contributed by atoms with van der Waals surface area (Å²) in [6.45, 7) is 7.00. The maximum atomic E-state index is 10.6. The predicted octanol–water partition coefficient (Wildman–Crippen LogP) is 1.86. The van der Waals surface area contributed by atoms with Crippen molar-refractivity contribution in [3.63, 3.8) is 0 Å². The monoisotopic (exact) mass is 228 g/mol. The van der Waals surface area contributed by atoms with Gasteiger partial charge in [0.1, 0.15) is 0 Å². The van der Waals surface area contributed by atoms with E-state index in [-0.39, 0.29) is 11.7 Å².